The lowest BCUT2D eigenvalue weighted by molar-refractivity contribution is -0.140. The molecule has 0 atom stereocenters. The largest absolute Gasteiger partial charge is 0.507 e. The van der Waals surface area contributed by atoms with E-state index in [1.165, 1.54) is 25.1 Å². The van der Waals surface area contributed by atoms with Gasteiger partial charge < -0.3 is 24.6 Å². The summed E-state index contributed by atoms with van der Waals surface area (Å²) >= 11 is 0. The Morgan fingerprint density at radius 1 is 1.35 bits per heavy atom. The maximum Gasteiger partial charge on any atom is 0.354 e. The molecule has 1 aliphatic heterocycles. The van der Waals surface area contributed by atoms with Gasteiger partial charge in [0.2, 0.25) is 12.7 Å². The molecule has 124 valence electrons. The predicted molar refractivity (Wildman–Crippen MR) is 81.9 cm³/mol. The van der Waals surface area contributed by atoms with Crippen molar-refractivity contribution in [2.24, 2.45) is 0 Å². The SMILES string of the molecule is CCCCOC(=O)/C(=C/c1cc2c(cc1O)OCO2)NC(C)=O. The second kappa shape index (κ2) is 7.53. The van der Waals surface area contributed by atoms with Crippen LogP contribution in [-0.4, -0.2) is 30.4 Å². The van der Waals surface area contributed by atoms with E-state index in [4.69, 9.17) is 14.2 Å². The van der Waals surface area contributed by atoms with Crippen molar-refractivity contribution in [3.05, 3.63) is 23.4 Å². The van der Waals surface area contributed by atoms with Gasteiger partial charge in [-0.25, -0.2) is 4.79 Å². The minimum atomic E-state index is -0.661. The van der Waals surface area contributed by atoms with Crippen LogP contribution in [0.25, 0.3) is 6.08 Å². The van der Waals surface area contributed by atoms with Crippen molar-refractivity contribution < 1.29 is 28.9 Å². The van der Waals surface area contributed by atoms with Crippen molar-refractivity contribution in [2.45, 2.75) is 26.7 Å². The molecular weight excluding hydrogens is 302 g/mol. The van der Waals surface area contributed by atoms with E-state index < -0.39 is 11.9 Å². The number of benzene rings is 1. The second-order valence-electron chi connectivity index (χ2n) is 4.99. The summed E-state index contributed by atoms with van der Waals surface area (Å²) in [5.41, 5.74) is 0.258. The molecule has 0 saturated heterocycles. The number of carbonyl (C=O) groups is 2. The Hall–Kier alpha value is -2.70. The third-order valence-corrected chi connectivity index (χ3v) is 3.08. The van der Waals surface area contributed by atoms with Gasteiger partial charge >= 0.3 is 5.97 Å². The number of hydrogen-bond donors (Lipinski definition) is 2. The van der Waals surface area contributed by atoms with Crippen LogP contribution in [0.3, 0.4) is 0 Å². The fraction of sp³-hybridized carbons (Fsp3) is 0.375. The van der Waals surface area contributed by atoms with Crippen molar-refractivity contribution in [3.8, 4) is 17.2 Å². The highest BCUT2D eigenvalue weighted by Gasteiger charge is 2.18. The number of esters is 1. The van der Waals surface area contributed by atoms with Gasteiger partial charge in [-0.2, -0.15) is 0 Å². The van der Waals surface area contributed by atoms with E-state index in [0.717, 1.165) is 12.8 Å². The third-order valence-electron chi connectivity index (χ3n) is 3.08. The number of hydrogen-bond acceptors (Lipinski definition) is 6. The maximum atomic E-state index is 12.1. The third kappa shape index (κ3) is 4.38. The van der Waals surface area contributed by atoms with E-state index in [9.17, 15) is 14.7 Å². The normalized spacial score (nSPS) is 12.9. The first-order chi connectivity index (χ1) is 11.0. The zero-order valence-electron chi connectivity index (χ0n) is 13.0. The monoisotopic (exact) mass is 321 g/mol. The minimum Gasteiger partial charge on any atom is -0.507 e. The molecule has 0 unspecified atom stereocenters. The number of fused-ring (bicyclic) bond motifs is 1. The van der Waals surface area contributed by atoms with Gasteiger partial charge in [0.05, 0.1) is 6.61 Å². The van der Waals surface area contributed by atoms with Crippen molar-refractivity contribution in [1.82, 2.24) is 5.32 Å². The Morgan fingerprint density at radius 2 is 2.04 bits per heavy atom. The molecule has 0 fully saturated rings. The van der Waals surface area contributed by atoms with Gasteiger partial charge in [0.25, 0.3) is 0 Å². The van der Waals surface area contributed by atoms with Crippen LogP contribution in [-0.2, 0) is 14.3 Å². The fourth-order valence-corrected chi connectivity index (χ4v) is 1.94. The molecule has 7 nitrogen and oxygen atoms in total. The summed E-state index contributed by atoms with van der Waals surface area (Å²) in [4.78, 5) is 23.3. The highest BCUT2D eigenvalue weighted by molar-refractivity contribution is 5.98. The second-order valence-corrected chi connectivity index (χ2v) is 4.99. The number of phenols is 1. The van der Waals surface area contributed by atoms with Gasteiger partial charge in [0, 0.05) is 18.6 Å². The quantitative estimate of drug-likeness (QED) is 0.472. The number of ether oxygens (including phenoxy) is 3. The molecule has 1 aromatic rings. The summed E-state index contributed by atoms with van der Waals surface area (Å²) in [6.07, 6.45) is 2.96. The summed E-state index contributed by atoms with van der Waals surface area (Å²) in [7, 11) is 0. The Bertz CT molecular complexity index is 638. The Kier molecular flexibility index (Phi) is 5.46. The minimum absolute atomic E-state index is 0.0530. The first-order valence-electron chi connectivity index (χ1n) is 7.30. The van der Waals surface area contributed by atoms with Crippen LogP contribution in [0, 0.1) is 0 Å². The first kappa shape index (κ1) is 16.7. The van der Waals surface area contributed by atoms with E-state index in [1.54, 1.807) is 0 Å². The van der Waals surface area contributed by atoms with Gasteiger partial charge in [-0.3, -0.25) is 4.79 Å². The van der Waals surface area contributed by atoms with Crippen LogP contribution < -0.4 is 14.8 Å². The molecule has 23 heavy (non-hydrogen) atoms. The van der Waals surface area contributed by atoms with Crippen LogP contribution in [0.2, 0.25) is 0 Å². The molecule has 2 rings (SSSR count). The van der Waals surface area contributed by atoms with Gasteiger partial charge in [-0.1, -0.05) is 13.3 Å². The van der Waals surface area contributed by atoms with E-state index in [-0.39, 0.29) is 24.8 Å². The molecule has 0 aromatic heterocycles. The van der Waals surface area contributed by atoms with Gasteiger partial charge in [-0.15, -0.1) is 0 Å². The summed E-state index contributed by atoms with van der Waals surface area (Å²) in [6, 6.07) is 2.92. The summed E-state index contributed by atoms with van der Waals surface area (Å²) in [5, 5.41) is 12.4. The summed E-state index contributed by atoms with van der Waals surface area (Å²) in [5.74, 6) is -0.296. The van der Waals surface area contributed by atoms with Crippen molar-refractivity contribution in [3.63, 3.8) is 0 Å². The summed E-state index contributed by atoms with van der Waals surface area (Å²) in [6.45, 7) is 3.59. The Balaban J connectivity index is 2.25. The van der Waals surface area contributed by atoms with Crippen LogP contribution >= 0.6 is 0 Å². The molecule has 1 heterocycles. The lowest BCUT2D eigenvalue weighted by Crippen LogP contribution is -2.26. The number of unbranched alkanes of at least 4 members (excludes halogenated alkanes) is 1. The molecule has 0 saturated carbocycles. The van der Waals surface area contributed by atoms with E-state index in [1.807, 2.05) is 6.92 Å². The predicted octanol–water partition coefficient (Wildman–Crippen LogP) is 1.94. The fourth-order valence-electron chi connectivity index (χ4n) is 1.94. The standard InChI is InChI=1S/C16H19NO6/c1-3-4-5-21-16(20)12(17-10(2)18)6-11-7-14-15(8-13(11)19)23-9-22-14/h6-8,19H,3-5,9H2,1-2H3,(H,17,18)/b12-6-. The average Bonchev–Trinajstić information content (AvgIpc) is 2.93. The smallest absolute Gasteiger partial charge is 0.354 e. The van der Waals surface area contributed by atoms with Gasteiger partial charge in [0.15, 0.2) is 11.5 Å². The van der Waals surface area contributed by atoms with Crippen LogP contribution in [0.1, 0.15) is 32.3 Å². The first-order valence-corrected chi connectivity index (χ1v) is 7.30. The number of amides is 1. The molecule has 0 radical (unpaired) electrons. The lowest BCUT2D eigenvalue weighted by Gasteiger charge is -2.09. The molecule has 1 aliphatic rings. The van der Waals surface area contributed by atoms with E-state index in [0.29, 0.717) is 17.1 Å². The highest BCUT2D eigenvalue weighted by Crippen LogP contribution is 2.38. The number of rotatable bonds is 6. The lowest BCUT2D eigenvalue weighted by atomic mass is 10.1. The van der Waals surface area contributed by atoms with E-state index in [2.05, 4.69) is 5.32 Å². The van der Waals surface area contributed by atoms with Crippen molar-refractivity contribution in [1.29, 1.82) is 0 Å². The zero-order chi connectivity index (χ0) is 16.8. The molecule has 0 spiro atoms. The summed E-state index contributed by atoms with van der Waals surface area (Å²) < 4.78 is 15.5. The molecule has 1 aromatic carbocycles. The average molecular weight is 321 g/mol. The van der Waals surface area contributed by atoms with Crippen LogP contribution in [0.4, 0.5) is 0 Å². The Labute approximate surface area is 133 Å². The number of phenolic OH excluding ortho intramolecular Hbond substituents is 1. The topological polar surface area (TPSA) is 94.1 Å². The van der Waals surface area contributed by atoms with Crippen molar-refractivity contribution in [2.75, 3.05) is 13.4 Å². The zero-order valence-corrected chi connectivity index (χ0v) is 13.0. The molecular formula is C16H19NO6. The van der Waals surface area contributed by atoms with Crippen molar-refractivity contribution >= 4 is 18.0 Å². The molecule has 0 bridgehead atoms. The molecule has 1 amide bonds. The van der Waals surface area contributed by atoms with Gasteiger partial charge in [-0.05, 0) is 18.6 Å². The molecule has 2 N–H and O–H groups in total. The number of aromatic hydroxyl groups is 1. The van der Waals surface area contributed by atoms with Crippen LogP contribution in [0.5, 0.6) is 17.2 Å². The highest BCUT2D eigenvalue weighted by atomic mass is 16.7. The van der Waals surface area contributed by atoms with Gasteiger partial charge in [0.1, 0.15) is 11.4 Å². The number of nitrogens with one attached hydrogen (secondary N) is 1. The molecule has 0 aliphatic carbocycles. The molecule has 7 heteroatoms. The van der Waals surface area contributed by atoms with Crippen LogP contribution in [0.15, 0.2) is 17.8 Å². The number of carbonyl (C=O) groups excluding carboxylic acids is 2. The van der Waals surface area contributed by atoms with E-state index >= 15 is 0 Å². The maximum absolute atomic E-state index is 12.1. The Morgan fingerprint density at radius 3 is 2.70 bits per heavy atom.